The Balaban J connectivity index is 0. The zero-order valence-electron chi connectivity index (χ0n) is 12.0. The minimum Gasteiger partial charge on any atom is -0.383 e. The quantitative estimate of drug-likeness (QED) is 0.647. The van der Waals surface area contributed by atoms with Gasteiger partial charge in [0.25, 0.3) is 0 Å². The second-order valence-corrected chi connectivity index (χ2v) is 5.06. The van der Waals surface area contributed by atoms with E-state index in [1.54, 1.807) is 14.2 Å². The van der Waals surface area contributed by atoms with Gasteiger partial charge in [-0.1, -0.05) is 20.8 Å². The van der Waals surface area contributed by atoms with Gasteiger partial charge in [0.1, 0.15) is 0 Å². The summed E-state index contributed by atoms with van der Waals surface area (Å²) in [6.45, 7) is 8.39. The molecule has 0 aromatic carbocycles. The molecule has 0 fully saturated rings. The molecule has 110 valence electrons. The largest absolute Gasteiger partial charge is 0.383 e. The number of carbonyl (C=O) groups excluding carboxylic acids is 1. The van der Waals surface area contributed by atoms with Gasteiger partial charge >= 0.3 is 0 Å². The van der Waals surface area contributed by atoms with Crippen molar-refractivity contribution in [2.45, 2.75) is 26.9 Å². The van der Waals surface area contributed by atoms with Gasteiger partial charge in [0.15, 0.2) is 0 Å². The maximum absolute atomic E-state index is 11.5. The lowest BCUT2D eigenvalue weighted by molar-refractivity contribution is -0.121. The molecule has 0 aliphatic rings. The Bertz CT molecular complexity index is 220. The molecular formula is C12H27ClN2O3. The van der Waals surface area contributed by atoms with Crippen LogP contribution in [0.15, 0.2) is 0 Å². The Hall–Kier alpha value is -0.360. The van der Waals surface area contributed by atoms with Crippen LogP contribution in [-0.4, -0.2) is 52.5 Å². The summed E-state index contributed by atoms with van der Waals surface area (Å²) in [5.74, 6) is -0.0209. The van der Waals surface area contributed by atoms with Crippen LogP contribution < -0.4 is 10.6 Å². The fraction of sp³-hybridized carbons (Fsp3) is 0.917. The lowest BCUT2D eigenvalue weighted by Gasteiger charge is -2.29. The van der Waals surface area contributed by atoms with Crippen LogP contribution in [0.1, 0.15) is 20.8 Å². The molecule has 1 atom stereocenters. The maximum atomic E-state index is 11.5. The van der Waals surface area contributed by atoms with Gasteiger partial charge < -0.3 is 20.1 Å². The Labute approximate surface area is 116 Å². The van der Waals surface area contributed by atoms with Crippen molar-refractivity contribution in [1.29, 1.82) is 0 Å². The van der Waals surface area contributed by atoms with E-state index in [4.69, 9.17) is 9.47 Å². The first-order chi connectivity index (χ1) is 7.91. The van der Waals surface area contributed by atoms with E-state index in [9.17, 15) is 4.79 Å². The van der Waals surface area contributed by atoms with Crippen LogP contribution in [0, 0.1) is 5.41 Å². The molecule has 0 aromatic heterocycles. The summed E-state index contributed by atoms with van der Waals surface area (Å²) in [6, 6.07) is 0. The van der Waals surface area contributed by atoms with Gasteiger partial charge in [-0.2, -0.15) is 0 Å². The molecule has 18 heavy (non-hydrogen) atoms. The van der Waals surface area contributed by atoms with Crippen molar-refractivity contribution in [2.75, 3.05) is 40.5 Å². The molecular weight excluding hydrogens is 256 g/mol. The van der Waals surface area contributed by atoms with E-state index in [0.717, 1.165) is 0 Å². The SMILES string of the molecule is COCCNCC(=O)NCC(OC)C(C)(C)C.Cl. The monoisotopic (exact) mass is 282 g/mol. The van der Waals surface area contributed by atoms with Crippen LogP contribution in [0.2, 0.25) is 0 Å². The molecule has 0 aliphatic carbocycles. The maximum Gasteiger partial charge on any atom is 0.234 e. The molecule has 0 radical (unpaired) electrons. The van der Waals surface area contributed by atoms with Gasteiger partial charge in [0.05, 0.1) is 19.3 Å². The van der Waals surface area contributed by atoms with Crippen molar-refractivity contribution >= 4 is 18.3 Å². The zero-order valence-corrected chi connectivity index (χ0v) is 12.9. The van der Waals surface area contributed by atoms with Crippen molar-refractivity contribution in [3.63, 3.8) is 0 Å². The highest BCUT2D eigenvalue weighted by molar-refractivity contribution is 5.85. The van der Waals surface area contributed by atoms with Crippen LogP contribution in [0.25, 0.3) is 0 Å². The Kier molecular flexibility index (Phi) is 11.7. The molecule has 5 nitrogen and oxygen atoms in total. The number of carbonyl (C=O) groups is 1. The summed E-state index contributed by atoms with van der Waals surface area (Å²) in [4.78, 5) is 11.5. The first kappa shape index (κ1) is 20.0. The third-order valence-corrected chi connectivity index (χ3v) is 2.50. The summed E-state index contributed by atoms with van der Waals surface area (Å²) in [7, 11) is 3.30. The Morgan fingerprint density at radius 1 is 1.28 bits per heavy atom. The second-order valence-electron chi connectivity index (χ2n) is 5.06. The van der Waals surface area contributed by atoms with Gasteiger partial charge in [-0.25, -0.2) is 0 Å². The highest BCUT2D eigenvalue weighted by Gasteiger charge is 2.24. The Morgan fingerprint density at radius 3 is 2.33 bits per heavy atom. The third-order valence-electron chi connectivity index (χ3n) is 2.50. The number of nitrogens with one attached hydrogen (secondary N) is 2. The van der Waals surface area contributed by atoms with E-state index in [1.807, 2.05) is 0 Å². The van der Waals surface area contributed by atoms with E-state index >= 15 is 0 Å². The van der Waals surface area contributed by atoms with Crippen LogP contribution in [0.4, 0.5) is 0 Å². The van der Waals surface area contributed by atoms with E-state index < -0.39 is 0 Å². The van der Waals surface area contributed by atoms with E-state index in [1.165, 1.54) is 0 Å². The summed E-state index contributed by atoms with van der Waals surface area (Å²) < 4.78 is 10.2. The van der Waals surface area contributed by atoms with Crippen molar-refractivity contribution in [3.8, 4) is 0 Å². The van der Waals surface area contributed by atoms with Crippen molar-refractivity contribution in [2.24, 2.45) is 5.41 Å². The van der Waals surface area contributed by atoms with E-state index in [2.05, 4.69) is 31.4 Å². The average molecular weight is 283 g/mol. The number of ether oxygens (including phenoxy) is 2. The summed E-state index contributed by atoms with van der Waals surface area (Å²) in [5.41, 5.74) is 0.0194. The van der Waals surface area contributed by atoms with Gasteiger partial charge in [-0.05, 0) is 5.41 Å². The zero-order chi connectivity index (χ0) is 13.3. The Morgan fingerprint density at radius 2 is 1.89 bits per heavy atom. The third kappa shape index (κ3) is 9.65. The molecule has 0 heterocycles. The summed E-state index contributed by atoms with van der Waals surface area (Å²) in [6.07, 6.45) is 0.0189. The van der Waals surface area contributed by atoms with Crippen molar-refractivity contribution < 1.29 is 14.3 Å². The number of hydrogen-bond donors (Lipinski definition) is 2. The lowest BCUT2D eigenvalue weighted by Crippen LogP contribution is -2.43. The van der Waals surface area contributed by atoms with Crippen LogP contribution in [-0.2, 0) is 14.3 Å². The first-order valence-corrected chi connectivity index (χ1v) is 5.91. The molecule has 0 rings (SSSR count). The highest BCUT2D eigenvalue weighted by Crippen LogP contribution is 2.20. The highest BCUT2D eigenvalue weighted by atomic mass is 35.5. The number of methoxy groups -OCH3 is 2. The molecule has 0 aliphatic heterocycles. The molecule has 0 saturated carbocycles. The molecule has 1 amide bonds. The molecule has 0 saturated heterocycles. The number of halogens is 1. The molecule has 0 bridgehead atoms. The number of hydrogen-bond acceptors (Lipinski definition) is 4. The molecule has 6 heteroatoms. The van der Waals surface area contributed by atoms with Crippen LogP contribution >= 0.6 is 12.4 Å². The number of amides is 1. The first-order valence-electron chi connectivity index (χ1n) is 5.91. The second kappa shape index (κ2) is 10.6. The van der Waals surface area contributed by atoms with Gasteiger partial charge in [-0.3, -0.25) is 4.79 Å². The number of rotatable bonds is 8. The van der Waals surface area contributed by atoms with Crippen LogP contribution in [0.3, 0.4) is 0 Å². The lowest BCUT2D eigenvalue weighted by atomic mass is 9.89. The fourth-order valence-corrected chi connectivity index (χ4v) is 1.39. The van der Waals surface area contributed by atoms with E-state index in [-0.39, 0.29) is 29.8 Å². The normalized spacial score (nSPS) is 12.7. The molecule has 1 unspecified atom stereocenters. The van der Waals surface area contributed by atoms with Crippen molar-refractivity contribution in [1.82, 2.24) is 10.6 Å². The molecule has 2 N–H and O–H groups in total. The van der Waals surface area contributed by atoms with Crippen LogP contribution in [0.5, 0.6) is 0 Å². The predicted molar refractivity (Wildman–Crippen MR) is 75.3 cm³/mol. The minimum atomic E-state index is -0.0209. The average Bonchev–Trinajstić information content (AvgIpc) is 2.23. The standard InChI is InChI=1S/C12H26N2O3.ClH/c1-12(2,3)10(17-5)8-14-11(15)9-13-6-7-16-4;/h10,13H,6-9H2,1-5H3,(H,14,15);1H. The minimum absolute atomic E-state index is 0. The van der Waals surface area contributed by atoms with E-state index in [0.29, 0.717) is 26.2 Å². The molecule has 0 spiro atoms. The van der Waals surface area contributed by atoms with Gasteiger partial charge in [-0.15, -0.1) is 12.4 Å². The van der Waals surface area contributed by atoms with Gasteiger partial charge in [0, 0.05) is 27.3 Å². The topological polar surface area (TPSA) is 59.6 Å². The summed E-state index contributed by atoms with van der Waals surface area (Å²) in [5, 5.41) is 5.84. The fourth-order valence-electron chi connectivity index (χ4n) is 1.39. The van der Waals surface area contributed by atoms with Gasteiger partial charge in [0.2, 0.25) is 5.91 Å². The van der Waals surface area contributed by atoms with Crippen molar-refractivity contribution in [3.05, 3.63) is 0 Å². The predicted octanol–water partition coefficient (Wildman–Crippen LogP) is 0.822. The smallest absolute Gasteiger partial charge is 0.234 e. The summed E-state index contributed by atoms with van der Waals surface area (Å²) >= 11 is 0. The molecule has 0 aromatic rings.